The van der Waals surface area contributed by atoms with Crippen LogP contribution in [-0.2, 0) is 18.4 Å². The molecule has 0 fully saturated rings. The zero-order chi connectivity index (χ0) is 14.5. The Balaban J connectivity index is 1.82. The quantitative estimate of drug-likeness (QED) is 0.902. The van der Waals surface area contributed by atoms with Gasteiger partial charge in [0.15, 0.2) is 6.61 Å². The number of ether oxygens (including phenoxy) is 1. The third-order valence-corrected chi connectivity index (χ3v) is 3.27. The second-order valence-electron chi connectivity index (χ2n) is 4.71. The molecule has 0 bridgehead atoms. The van der Waals surface area contributed by atoms with Crippen LogP contribution in [0.3, 0.4) is 0 Å². The molecule has 0 aliphatic carbocycles. The van der Waals surface area contributed by atoms with Gasteiger partial charge >= 0.3 is 0 Å². The molecule has 0 saturated carbocycles. The van der Waals surface area contributed by atoms with E-state index in [-0.39, 0.29) is 12.5 Å². The van der Waals surface area contributed by atoms with Crippen molar-refractivity contribution in [2.75, 3.05) is 6.61 Å². The van der Waals surface area contributed by atoms with Crippen LogP contribution in [0.15, 0.2) is 30.5 Å². The Bertz CT molecular complexity index is 605. The lowest BCUT2D eigenvalue weighted by Gasteiger charge is -2.09. The number of aromatic nitrogens is 2. The molecular formula is C15H19N3O2. The number of carbonyl (C=O) groups excluding carboxylic acids is 1. The van der Waals surface area contributed by atoms with Crippen LogP contribution in [-0.4, -0.2) is 22.3 Å². The molecule has 0 spiro atoms. The average molecular weight is 273 g/mol. The third kappa shape index (κ3) is 3.38. The fourth-order valence-corrected chi connectivity index (χ4v) is 1.82. The van der Waals surface area contributed by atoms with Gasteiger partial charge in [0.1, 0.15) is 5.75 Å². The van der Waals surface area contributed by atoms with Crippen LogP contribution in [0.1, 0.15) is 16.8 Å². The van der Waals surface area contributed by atoms with Gasteiger partial charge in [-0.1, -0.05) is 18.2 Å². The van der Waals surface area contributed by atoms with Crippen LogP contribution in [0.2, 0.25) is 0 Å². The Hall–Kier alpha value is -2.30. The van der Waals surface area contributed by atoms with Crippen LogP contribution in [0.4, 0.5) is 0 Å². The monoisotopic (exact) mass is 273 g/mol. The largest absolute Gasteiger partial charge is 0.484 e. The van der Waals surface area contributed by atoms with Crippen molar-refractivity contribution in [2.24, 2.45) is 7.05 Å². The van der Waals surface area contributed by atoms with E-state index in [0.29, 0.717) is 6.54 Å². The molecule has 0 unspecified atom stereocenters. The zero-order valence-electron chi connectivity index (χ0n) is 12.0. The molecule has 0 saturated heterocycles. The smallest absolute Gasteiger partial charge is 0.258 e. The Kier molecular flexibility index (Phi) is 4.40. The Morgan fingerprint density at radius 3 is 2.75 bits per heavy atom. The van der Waals surface area contributed by atoms with Gasteiger partial charge in [-0.2, -0.15) is 5.10 Å². The van der Waals surface area contributed by atoms with Gasteiger partial charge in [0.05, 0.1) is 6.20 Å². The number of hydrogen-bond acceptors (Lipinski definition) is 3. The summed E-state index contributed by atoms with van der Waals surface area (Å²) in [7, 11) is 1.88. The lowest BCUT2D eigenvalue weighted by atomic mass is 10.2. The third-order valence-electron chi connectivity index (χ3n) is 3.27. The van der Waals surface area contributed by atoms with Gasteiger partial charge < -0.3 is 10.1 Å². The minimum atomic E-state index is -0.142. The molecule has 2 rings (SSSR count). The van der Waals surface area contributed by atoms with Gasteiger partial charge in [0.25, 0.3) is 5.91 Å². The first kappa shape index (κ1) is 14.1. The summed E-state index contributed by atoms with van der Waals surface area (Å²) < 4.78 is 7.27. The minimum absolute atomic E-state index is 0.0180. The van der Waals surface area contributed by atoms with Gasteiger partial charge in [0, 0.05) is 24.8 Å². The number of nitrogens with zero attached hydrogens (tertiary/aromatic N) is 2. The molecule has 0 atom stereocenters. The molecule has 2 aromatic rings. The first-order valence-electron chi connectivity index (χ1n) is 6.50. The maximum absolute atomic E-state index is 11.8. The van der Waals surface area contributed by atoms with Crippen LogP contribution in [0, 0.1) is 13.8 Å². The van der Waals surface area contributed by atoms with Crippen molar-refractivity contribution >= 4 is 5.91 Å². The topological polar surface area (TPSA) is 56.1 Å². The van der Waals surface area contributed by atoms with E-state index in [4.69, 9.17) is 4.74 Å². The van der Waals surface area contributed by atoms with Gasteiger partial charge in [-0.05, 0) is 25.5 Å². The number of rotatable bonds is 5. The molecule has 0 radical (unpaired) electrons. The highest BCUT2D eigenvalue weighted by molar-refractivity contribution is 5.77. The van der Waals surface area contributed by atoms with E-state index in [9.17, 15) is 4.79 Å². The van der Waals surface area contributed by atoms with Crippen molar-refractivity contribution in [1.29, 1.82) is 0 Å². The van der Waals surface area contributed by atoms with E-state index in [1.165, 1.54) is 0 Å². The summed E-state index contributed by atoms with van der Waals surface area (Å²) in [5.41, 5.74) is 3.07. The first-order valence-corrected chi connectivity index (χ1v) is 6.50. The molecule has 20 heavy (non-hydrogen) atoms. The highest BCUT2D eigenvalue weighted by atomic mass is 16.5. The number of amides is 1. The van der Waals surface area contributed by atoms with E-state index in [0.717, 1.165) is 22.6 Å². The van der Waals surface area contributed by atoms with Crippen molar-refractivity contribution in [3.8, 4) is 5.75 Å². The highest BCUT2D eigenvalue weighted by Gasteiger charge is 2.07. The molecule has 5 nitrogen and oxygen atoms in total. The summed E-state index contributed by atoms with van der Waals surface area (Å²) in [6.45, 7) is 4.41. The fourth-order valence-electron chi connectivity index (χ4n) is 1.82. The van der Waals surface area contributed by atoms with Crippen molar-refractivity contribution < 1.29 is 9.53 Å². The first-order chi connectivity index (χ1) is 9.58. The standard InChI is InChI=1S/C15H19N3O2/c1-11-6-4-5-7-14(11)20-10-15(19)16-8-13-9-17-18(3)12(13)2/h4-7,9H,8,10H2,1-3H3,(H,16,19). The van der Waals surface area contributed by atoms with E-state index >= 15 is 0 Å². The number of aryl methyl sites for hydroxylation is 2. The molecule has 0 aliphatic heterocycles. The van der Waals surface area contributed by atoms with E-state index in [1.807, 2.05) is 45.2 Å². The van der Waals surface area contributed by atoms with Crippen molar-refractivity contribution in [1.82, 2.24) is 15.1 Å². The molecule has 106 valence electrons. The van der Waals surface area contributed by atoms with Gasteiger partial charge in [-0.25, -0.2) is 0 Å². The zero-order valence-corrected chi connectivity index (χ0v) is 12.0. The van der Waals surface area contributed by atoms with Gasteiger partial charge in [0.2, 0.25) is 0 Å². The molecule has 1 N–H and O–H groups in total. The SMILES string of the molecule is Cc1ccccc1OCC(=O)NCc1cnn(C)c1C. The van der Waals surface area contributed by atoms with Crippen molar-refractivity contribution in [3.05, 3.63) is 47.3 Å². The maximum atomic E-state index is 11.8. The Labute approximate surface area is 118 Å². The lowest BCUT2D eigenvalue weighted by Crippen LogP contribution is -2.28. The maximum Gasteiger partial charge on any atom is 0.258 e. The van der Waals surface area contributed by atoms with Gasteiger partial charge in [-0.15, -0.1) is 0 Å². The average Bonchev–Trinajstić information content (AvgIpc) is 2.76. The molecule has 1 aromatic heterocycles. The van der Waals surface area contributed by atoms with Crippen LogP contribution >= 0.6 is 0 Å². The lowest BCUT2D eigenvalue weighted by molar-refractivity contribution is -0.123. The van der Waals surface area contributed by atoms with E-state index in [2.05, 4.69) is 10.4 Å². The Morgan fingerprint density at radius 1 is 1.35 bits per heavy atom. The fraction of sp³-hybridized carbons (Fsp3) is 0.333. The summed E-state index contributed by atoms with van der Waals surface area (Å²) in [5.74, 6) is 0.594. The summed E-state index contributed by atoms with van der Waals surface area (Å²) in [5, 5.41) is 6.96. The summed E-state index contributed by atoms with van der Waals surface area (Å²) in [6, 6.07) is 7.63. The number of para-hydroxylation sites is 1. The normalized spacial score (nSPS) is 10.3. The van der Waals surface area contributed by atoms with Crippen LogP contribution in [0.25, 0.3) is 0 Å². The minimum Gasteiger partial charge on any atom is -0.484 e. The number of benzene rings is 1. The van der Waals surface area contributed by atoms with E-state index in [1.54, 1.807) is 10.9 Å². The predicted octanol–water partition coefficient (Wildman–Crippen LogP) is 1.73. The second-order valence-corrected chi connectivity index (χ2v) is 4.71. The Morgan fingerprint density at radius 2 is 2.10 bits per heavy atom. The highest BCUT2D eigenvalue weighted by Crippen LogP contribution is 2.15. The molecule has 1 amide bonds. The molecular weight excluding hydrogens is 254 g/mol. The molecule has 1 heterocycles. The molecule has 0 aliphatic rings. The van der Waals surface area contributed by atoms with E-state index < -0.39 is 0 Å². The second kappa shape index (κ2) is 6.23. The predicted molar refractivity (Wildman–Crippen MR) is 76.5 cm³/mol. The van der Waals surface area contributed by atoms with Crippen molar-refractivity contribution in [2.45, 2.75) is 20.4 Å². The molecule has 1 aromatic carbocycles. The van der Waals surface area contributed by atoms with Crippen molar-refractivity contribution in [3.63, 3.8) is 0 Å². The molecule has 5 heteroatoms. The number of carbonyl (C=O) groups is 1. The summed E-state index contributed by atoms with van der Waals surface area (Å²) >= 11 is 0. The van der Waals surface area contributed by atoms with Crippen LogP contribution < -0.4 is 10.1 Å². The summed E-state index contributed by atoms with van der Waals surface area (Å²) in [4.78, 5) is 11.8. The van der Waals surface area contributed by atoms with Crippen LogP contribution in [0.5, 0.6) is 5.75 Å². The number of hydrogen-bond donors (Lipinski definition) is 1. The summed E-state index contributed by atoms with van der Waals surface area (Å²) in [6.07, 6.45) is 1.76. The van der Waals surface area contributed by atoms with Gasteiger partial charge in [-0.3, -0.25) is 9.48 Å². The number of nitrogens with one attached hydrogen (secondary N) is 1.